The van der Waals surface area contributed by atoms with Crippen molar-refractivity contribution in [1.82, 2.24) is 9.97 Å². The van der Waals surface area contributed by atoms with Crippen LogP contribution in [0.4, 0.5) is 42.1 Å². The molecule has 0 saturated heterocycles. The maximum atomic E-state index is 13.1. The number of para-hydroxylation sites is 1. The molecule has 1 aromatic carbocycles. The van der Waals surface area contributed by atoms with Crippen LogP contribution in [0.15, 0.2) is 18.2 Å². The molecule has 0 aliphatic heterocycles. The van der Waals surface area contributed by atoms with E-state index in [4.69, 9.17) is 11.5 Å². The summed E-state index contributed by atoms with van der Waals surface area (Å²) in [7, 11) is 1.51. The van der Waals surface area contributed by atoms with Crippen LogP contribution in [-0.4, -0.2) is 17.0 Å². The van der Waals surface area contributed by atoms with Crippen LogP contribution in [0, 0.1) is 11.3 Å². The van der Waals surface area contributed by atoms with Gasteiger partial charge in [-0.1, -0.05) is 6.07 Å². The first-order valence-electron chi connectivity index (χ1n) is 6.51. The van der Waals surface area contributed by atoms with Gasteiger partial charge in [0, 0.05) is 7.05 Å². The van der Waals surface area contributed by atoms with Gasteiger partial charge < -0.3 is 16.8 Å². The molecule has 0 aliphatic rings. The molecule has 2 aromatic rings. The Morgan fingerprint density at radius 3 is 2.38 bits per heavy atom. The van der Waals surface area contributed by atoms with Gasteiger partial charge in [-0.25, -0.2) is 0 Å². The Morgan fingerprint density at radius 2 is 1.79 bits per heavy atom. The Bertz CT molecular complexity index is 797. The number of nitrogen functional groups attached to an aromatic ring is 2. The number of rotatable bonds is 4. The van der Waals surface area contributed by atoms with Gasteiger partial charge in [-0.3, -0.25) is 10.9 Å². The van der Waals surface area contributed by atoms with Crippen molar-refractivity contribution in [3.63, 3.8) is 0 Å². The number of nitrogens with zero attached hydrogens (tertiary/aromatic N) is 3. The quantitative estimate of drug-likeness (QED) is 0.421. The summed E-state index contributed by atoms with van der Waals surface area (Å²) >= 11 is 0. The minimum absolute atomic E-state index is 0.0257. The van der Waals surface area contributed by atoms with Gasteiger partial charge in [0.15, 0.2) is 11.6 Å². The van der Waals surface area contributed by atoms with Gasteiger partial charge in [0.1, 0.15) is 11.6 Å². The van der Waals surface area contributed by atoms with Crippen molar-refractivity contribution in [2.75, 3.05) is 34.7 Å². The summed E-state index contributed by atoms with van der Waals surface area (Å²) in [5.41, 5.74) is 14.4. The molecule has 0 bridgehead atoms. The van der Waals surface area contributed by atoms with Crippen LogP contribution >= 0.6 is 0 Å². The fourth-order valence-electron chi connectivity index (χ4n) is 1.92. The second-order valence-corrected chi connectivity index (χ2v) is 4.53. The maximum Gasteiger partial charge on any atom is 0.418 e. The minimum Gasteiger partial charge on any atom is -0.397 e. The molecule has 0 unspecified atom stereocenters. The number of halogens is 3. The molecule has 0 aliphatic carbocycles. The smallest absolute Gasteiger partial charge is 0.397 e. The Kier molecular flexibility index (Phi) is 4.50. The fraction of sp³-hybridized carbons (Fsp3) is 0.154. The van der Waals surface area contributed by atoms with Crippen LogP contribution in [0.25, 0.3) is 0 Å². The van der Waals surface area contributed by atoms with Crippen LogP contribution in [0.3, 0.4) is 0 Å². The van der Waals surface area contributed by atoms with Crippen molar-refractivity contribution in [2.45, 2.75) is 6.18 Å². The molecule has 7 N–H and O–H groups in total. The summed E-state index contributed by atoms with van der Waals surface area (Å²) in [4.78, 5) is 7.61. The van der Waals surface area contributed by atoms with E-state index in [2.05, 4.69) is 26.1 Å². The van der Waals surface area contributed by atoms with Crippen LogP contribution in [-0.2, 0) is 6.18 Å². The molecule has 8 nitrogen and oxygen atoms in total. The monoisotopic (exact) mass is 338 g/mol. The SMILES string of the molecule is CNc1nc(N)nc(NNc2c(N)cccc2C(F)(F)F)c1C#N. The van der Waals surface area contributed by atoms with E-state index >= 15 is 0 Å². The third-order valence-electron chi connectivity index (χ3n) is 2.98. The molecule has 0 radical (unpaired) electrons. The molecule has 0 saturated carbocycles. The number of hydrogen-bond donors (Lipinski definition) is 5. The predicted molar refractivity (Wildman–Crippen MR) is 83.8 cm³/mol. The lowest BCUT2D eigenvalue weighted by molar-refractivity contribution is -0.136. The molecule has 0 spiro atoms. The van der Waals surface area contributed by atoms with Gasteiger partial charge >= 0.3 is 6.18 Å². The van der Waals surface area contributed by atoms with E-state index < -0.39 is 17.4 Å². The van der Waals surface area contributed by atoms with Gasteiger partial charge in [0.2, 0.25) is 5.95 Å². The van der Waals surface area contributed by atoms with E-state index in [1.54, 1.807) is 0 Å². The van der Waals surface area contributed by atoms with E-state index in [0.29, 0.717) is 0 Å². The highest BCUT2D eigenvalue weighted by molar-refractivity contribution is 5.74. The second kappa shape index (κ2) is 6.37. The van der Waals surface area contributed by atoms with Crippen LogP contribution in [0.1, 0.15) is 11.1 Å². The molecule has 126 valence electrons. The topological polar surface area (TPSA) is 138 Å². The highest BCUT2D eigenvalue weighted by atomic mass is 19.4. The fourth-order valence-corrected chi connectivity index (χ4v) is 1.92. The number of hydrogen-bond acceptors (Lipinski definition) is 8. The first-order valence-corrected chi connectivity index (χ1v) is 6.51. The van der Waals surface area contributed by atoms with Gasteiger partial charge in [0.25, 0.3) is 0 Å². The number of benzene rings is 1. The molecule has 1 heterocycles. The first-order chi connectivity index (χ1) is 11.3. The molecular weight excluding hydrogens is 325 g/mol. The van der Waals surface area contributed by atoms with Crippen LogP contribution < -0.4 is 27.6 Å². The molecule has 0 atom stereocenters. The number of aromatic nitrogens is 2. The molecule has 0 amide bonds. The van der Waals surface area contributed by atoms with E-state index in [0.717, 1.165) is 6.07 Å². The molecule has 2 rings (SSSR count). The third-order valence-corrected chi connectivity index (χ3v) is 2.98. The molecular formula is C13H13F3N8. The van der Waals surface area contributed by atoms with Gasteiger partial charge in [-0.15, -0.1) is 0 Å². The predicted octanol–water partition coefficient (Wildman–Crippen LogP) is 2.01. The Labute approximate surface area is 134 Å². The van der Waals surface area contributed by atoms with Crippen molar-refractivity contribution >= 4 is 29.0 Å². The van der Waals surface area contributed by atoms with E-state index in [1.165, 1.54) is 19.2 Å². The molecule has 24 heavy (non-hydrogen) atoms. The Balaban J connectivity index is 2.40. The highest BCUT2D eigenvalue weighted by Gasteiger charge is 2.34. The zero-order chi connectivity index (χ0) is 17.9. The average Bonchev–Trinajstić information content (AvgIpc) is 2.51. The summed E-state index contributed by atoms with van der Waals surface area (Å²) in [6, 6.07) is 5.20. The minimum atomic E-state index is -4.61. The number of nitriles is 1. The van der Waals surface area contributed by atoms with Crippen molar-refractivity contribution in [1.29, 1.82) is 5.26 Å². The van der Waals surface area contributed by atoms with Gasteiger partial charge in [-0.05, 0) is 12.1 Å². The van der Waals surface area contributed by atoms with Crippen molar-refractivity contribution in [3.05, 3.63) is 29.3 Å². The third kappa shape index (κ3) is 3.32. The van der Waals surface area contributed by atoms with E-state index in [9.17, 15) is 18.4 Å². The number of nitrogens with one attached hydrogen (secondary N) is 3. The first kappa shape index (κ1) is 16.9. The lowest BCUT2D eigenvalue weighted by Crippen LogP contribution is -2.19. The summed E-state index contributed by atoms with van der Waals surface area (Å²) in [6.45, 7) is 0. The maximum absolute atomic E-state index is 13.1. The average molecular weight is 338 g/mol. The molecule has 1 aromatic heterocycles. The highest BCUT2D eigenvalue weighted by Crippen LogP contribution is 2.37. The molecule has 0 fully saturated rings. The largest absolute Gasteiger partial charge is 0.418 e. The number of hydrazine groups is 1. The van der Waals surface area contributed by atoms with E-state index in [-0.39, 0.29) is 28.8 Å². The standard InChI is InChI=1S/C13H13F3N8/c1-20-10-6(5-17)11(22-12(19)21-10)24-23-9-7(13(14,15)16)3-2-4-8(9)18/h2-4,23H,18H2,1H3,(H4,19,20,21,22,24). The van der Waals surface area contributed by atoms with E-state index in [1.807, 2.05) is 6.07 Å². The number of anilines is 5. The lowest BCUT2D eigenvalue weighted by atomic mass is 10.1. The summed E-state index contributed by atoms with van der Waals surface area (Å²) in [5, 5.41) is 11.8. The second-order valence-electron chi connectivity index (χ2n) is 4.53. The Morgan fingerprint density at radius 1 is 1.12 bits per heavy atom. The Hall–Kier alpha value is -3.42. The lowest BCUT2D eigenvalue weighted by Gasteiger charge is -2.18. The summed E-state index contributed by atoms with van der Waals surface area (Å²) in [6.07, 6.45) is -4.61. The summed E-state index contributed by atoms with van der Waals surface area (Å²) < 4.78 is 39.2. The molecule has 11 heteroatoms. The van der Waals surface area contributed by atoms with Crippen molar-refractivity contribution in [3.8, 4) is 6.07 Å². The zero-order valence-corrected chi connectivity index (χ0v) is 12.4. The summed E-state index contributed by atoms with van der Waals surface area (Å²) in [5.74, 6) is -0.128. The zero-order valence-electron chi connectivity index (χ0n) is 12.4. The van der Waals surface area contributed by atoms with Crippen LogP contribution in [0.2, 0.25) is 0 Å². The number of nitrogens with two attached hydrogens (primary N) is 2. The normalized spacial score (nSPS) is 10.8. The van der Waals surface area contributed by atoms with Crippen LogP contribution in [0.5, 0.6) is 0 Å². The van der Waals surface area contributed by atoms with Gasteiger partial charge in [-0.2, -0.15) is 28.4 Å². The van der Waals surface area contributed by atoms with Crippen molar-refractivity contribution < 1.29 is 13.2 Å². The van der Waals surface area contributed by atoms with Gasteiger partial charge in [0.05, 0.1) is 16.9 Å². The van der Waals surface area contributed by atoms with Crippen molar-refractivity contribution in [2.24, 2.45) is 0 Å². The number of alkyl halides is 3.